The van der Waals surface area contributed by atoms with E-state index in [0.29, 0.717) is 5.69 Å². The predicted molar refractivity (Wildman–Crippen MR) is 39.3 cm³/mol. The van der Waals surface area contributed by atoms with Crippen LogP contribution in [0.5, 0.6) is 11.6 Å². The monoisotopic (exact) mass is 169 g/mol. The third kappa shape index (κ3) is 1.85. The molecule has 0 radical (unpaired) electrons. The van der Waals surface area contributed by atoms with E-state index in [0.717, 1.165) is 0 Å². The molecule has 1 heterocycles. The summed E-state index contributed by atoms with van der Waals surface area (Å²) in [5.41, 5.74) is 0.588. The first-order chi connectivity index (χ1) is 5.59. The second-order valence-corrected chi connectivity index (χ2v) is 2.14. The molecular weight excluding hydrogens is 162 g/mol. The Hall–Kier alpha value is -1.78. The van der Waals surface area contributed by atoms with Crippen molar-refractivity contribution in [1.29, 1.82) is 0 Å². The molecule has 1 aromatic rings. The summed E-state index contributed by atoms with van der Waals surface area (Å²) in [7, 11) is 0. The lowest BCUT2D eigenvalue weighted by Gasteiger charge is -2.01. The van der Waals surface area contributed by atoms with E-state index in [4.69, 9.17) is 10.2 Å². The SMILES string of the molecule is Cc1ccc(OC(=O)O)c(O)n1. The van der Waals surface area contributed by atoms with Gasteiger partial charge in [0.2, 0.25) is 0 Å². The zero-order chi connectivity index (χ0) is 9.14. The minimum absolute atomic E-state index is 0.159. The van der Waals surface area contributed by atoms with E-state index in [-0.39, 0.29) is 5.75 Å². The summed E-state index contributed by atoms with van der Waals surface area (Å²) in [6, 6.07) is 2.88. The van der Waals surface area contributed by atoms with Crippen molar-refractivity contribution in [3.8, 4) is 11.6 Å². The Morgan fingerprint density at radius 3 is 2.75 bits per heavy atom. The smallest absolute Gasteiger partial charge is 0.491 e. The molecule has 5 heteroatoms. The highest BCUT2D eigenvalue weighted by Crippen LogP contribution is 2.22. The van der Waals surface area contributed by atoms with Gasteiger partial charge < -0.3 is 14.9 Å². The fraction of sp³-hybridized carbons (Fsp3) is 0.143. The van der Waals surface area contributed by atoms with Crippen LogP contribution in [0.1, 0.15) is 5.69 Å². The molecule has 0 unspecified atom stereocenters. The van der Waals surface area contributed by atoms with Crippen LogP contribution in [0.25, 0.3) is 0 Å². The van der Waals surface area contributed by atoms with Crippen molar-refractivity contribution in [1.82, 2.24) is 4.98 Å². The maximum Gasteiger partial charge on any atom is 0.511 e. The number of nitrogens with zero attached hydrogens (tertiary/aromatic N) is 1. The second-order valence-electron chi connectivity index (χ2n) is 2.14. The summed E-state index contributed by atoms with van der Waals surface area (Å²) in [5, 5.41) is 17.2. The van der Waals surface area contributed by atoms with E-state index < -0.39 is 12.0 Å². The number of pyridine rings is 1. The van der Waals surface area contributed by atoms with Gasteiger partial charge in [-0.15, -0.1) is 0 Å². The van der Waals surface area contributed by atoms with Crippen LogP contribution in [-0.2, 0) is 0 Å². The van der Waals surface area contributed by atoms with Crippen molar-refractivity contribution >= 4 is 6.16 Å². The Kier molecular flexibility index (Phi) is 2.14. The lowest BCUT2D eigenvalue weighted by molar-refractivity contribution is 0.142. The molecule has 0 aromatic carbocycles. The molecule has 0 saturated carbocycles. The van der Waals surface area contributed by atoms with Crippen LogP contribution >= 0.6 is 0 Å². The number of aromatic nitrogens is 1. The molecule has 0 spiro atoms. The molecule has 0 bridgehead atoms. The summed E-state index contributed by atoms with van der Waals surface area (Å²) >= 11 is 0. The van der Waals surface area contributed by atoms with Gasteiger partial charge in [-0.2, -0.15) is 0 Å². The summed E-state index contributed by atoms with van der Waals surface area (Å²) < 4.78 is 4.20. The van der Waals surface area contributed by atoms with Crippen molar-refractivity contribution in [3.05, 3.63) is 17.8 Å². The first kappa shape index (κ1) is 8.32. The van der Waals surface area contributed by atoms with Crippen molar-refractivity contribution in [2.75, 3.05) is 0 Å². The number of hydrogen-bond donors (Lipinski definition) is 2. The molecule has 12 heavy (non-hydrogen) atoms. The van der Waals surface area contributed by atoms with Gasteiger partial charge in [0.25, 0.3) is 5.88 Å². The minimum atomic E-state index is -1.48. The van der Waals surface area contributed by atoms with Crippen molar-refractivity contribution in [2.24, 2.45) is 0 Å². The average molecular weight is 169 g/mol. The lowest BCUT2D eigenvalue weighted by Crippen LogP contribution is -2.03. The summed E-state index contributed by atoms with van der Waals surface area (Å²) in [5.74, 6) is -0.578. The number of ether oxygens (including phenoxy) is 1. The Morgan fingerprint density at radius 1 is 1.58 bits per heavy atom. The molecular formula is C7H7NO4. The van der Waals surface area contributed by atoms with E-state index in [1.807, 2.05) is 0 Å². The molecule has 0 atom stereocenters. The number of carboxylic acid groups (broad SMARTS) is 1. The molecule has 1 aromatic heterocycles. The highest BCUT2D eigenvalue weighted by Gasteiger charge is 2.07. The number of hydrogen-bond acceptors (Lipinski definition) is 4. The third-order valence-corrected chi connectivity index (χ3v) is 1.18. The quantitative estimate of drug-likeness (QED) is 0.616. The first-order valence-corrected chi connectivity index (χ1v) is 3.17. The maximum atomic E-state index is 10.0. The van der Waals surface area contributed by atoms with Gasteiger partial charge in [0.15, 0.2) is 5.75 Å². The van der Waals surface area contributed by atoms with Crippen LogP contribution in [-0.4, -0.2) is 21.4 Å². The van der Waals surface area contributed by atoms with Gasteiger partial charge in [-0.25, -0.2) is 9.78 Å². The van der Waals surface area contributed by atoms with Gasteiger partial charge in [-0.3, -0.25) is 0 Å². The molecule has 0 amide bonds. The highest BCUT2D eigenvalue weighted by molar-refractivity contribution is 5.62. The normalized spacial score (nSPS) is 9.42. The van der Waals surface area contributed by atoms with Crippen LogP contribution in [0.3, 0.4) is 0 Å². The Balaban J connectivity index is 2.93. The minimum Gasteiger partial charge on any atom is -0.491 e. The van der Waals surface area contributed by atoms with Crippen LogP contribution in [0.2, 0.25) is 0 Å². The average Bonchev–Trinajstić information content (AvgIpc) is 1.94. The van der Waals surface area contributed by atoms with Gasteiger partial charge in [0.05, 0.1) is 0 Å². The summed E-state index contributed by atoms with van der Waals surface area (Å²) in [6.45, 7) is 1.67. The van der Waals surface area contributed by atoms with E-state index in [9.17, 15) is 4.79 Å². The molecule has 64 valence electrons. The van der Waals surface area contributed by atoms with Gasteiger partial charge in [-0.1, -0.05) is 0 Å². The van der Waals surface area contributed by atoms with Crippen LogP contribution in [0.4, 0.5) is 4.79 Å². The largest absolute Gasteiger partial charge is 0.511 e. The Morgan fingerprint density at radius 2 is 2.25 bits per heavy atom. The van der Waals surface area contributed by atoms with Gasteiger partial charge in [0, 0.05) is 5.69 Å². The standard InChI is InChI=1S/C7H7NO4/c1-4-2-3-5(6(9)8-4)12-7(10)11/h2-3H,1H3,(H,8,9)(H,10,11). The number of carbonyl (C=O) groups is 1. The van der Waals surface area contributed by atoms with Crippen LogP contribution < -0.4 is 4.74 Å². The van der Waals surface area contributed by atoms with Gasteiger partial charge in [-0.05, 0) is 19.1 Å². The van der Waals surface area contributed by atoms with E-state index in [1.54, 1.807) is 6.92 Å². The fourth-order valence-electron chi connectivity index (χ4n) is 0.704. The zero-order valence-corrected chi connectivity index (χ0v) is 6.31. The second kappa shape index (κ2) is 3.08. The Bertz CT molecular complexity index is 310. The molecule has 0 aliphatic carbocycles. The number of aromatic hydroxyl groups is 1. The summed E-state index contributed by atoms with van der Waals surface area (Å²) in [4.78, 5) is 13.6. The van der Waals surface area contributed by atoms with E-state index in [2.05, 4.69) is 9.72 Å². The first-order valence-electron chi connectivity index (χ1n) is 3.17. The number of rotatable bonds is 1. The van der Waals surface area contributed by atoms with Crippen LogP contribution in [0.15, 0.2) is 12.1 Å². The molecule has 5 nitrogen and oxygen atoms in total. The zero-order valence-electron chi connectivity index (χ0n) is 6.31. The fourth-order valence-corrected chi connectivity index (χ4v) is 0.704. The predicted octanol–water partition coefficient (Wildman–Crippen LogP) is 1.15. The van der Waals surface area contributed by atoms with Gasteiger partial charge in [0.1, 0.15) is 0 Å². The number of aryl methyl sites for hydroxylation is 1. The molecule has 0 aliphatic rings. The van der Waals surface area contributed by atoms with Gasteiger partial charge >= 0.3 is 6.16 Å². The maximum absolute atomic E-state index is 10.0. The van der Waals surface area contributed by atoms with Crippen molar-refractivity contribution < 1.29 is 19.7 Å². The van der Waals surface area contributed by atoms with E-state index in [1.165, 1.54) is 12.1 Å². The van der Waals surface area contributed by atoms with Crippen molar-refractivity contribution in [2.45, 2.75) is 6.92 Å². The van der Waals surface area contributed by atoms with E-state index >= 15 is 0 Å². The Labute approximate surface area is 68.2 Å². The summed E-state index contributed by atoms with van der Waals surface area (Å²) in [6.07, 6.45) is -1.48. The molecule has 0 saturated heterocycles. The molecule has 0 aliphatic heterocycles. The molecule has 1 rings (SSSR count). The van der Waals surface area contributed by atoms with Crippen molar-refractivity contribution in [3.63, 3.8) is 0 Å². The molecule has 2 N–H and O–H groups in total. The molecule has 0 fully saturated rings. The van der Waals surface area contributed by atoms with Crippen LogP contribution in [0, 0.1) is 6.92 Å². The third-order valence-electron chi connectivity index (χ3n) is 1.18. The lowest BCUT2D eigenvalue weighted by atomic mass is 10.3. The topological polar surface area (TPSA) is 79.7 Å². The highest BCUT2D eigenvalue weighted by atomic mass is 16.7.